The number of benzene rings is 2. The number of rotatable bonds is 6. The normalized spacial score (nSPS) is 10.4. The molecule has 0 radical (unpaired) electrons. The first-order valence-electron chi connectivity index (χ1n) is 6.94. The van der Waals surface area contributed by atoms with Crippen LogP contribution in [0.5, 0.6) is 0 Å². The molecule has 0 spiro atoms. The van der Waals surface area contributed by atoms with Gasteiger partial charge in [0.05, 0.1) is 6.61 Å². The van der Waals surface area contributed by atoms with Crippen LogP contribution in [0.4, 0.5) is 5.69 Å². The molecule has 0 saturated carbocycles. The summed E-state index contributed by atoms with van der Waals surface area (Å²) in [6, 6.07) is 15.6. The number of anilines is 1. The highest BCUT2D eigenvalue weighted by atomic mass is 16.3. The van der Waals surface area contributed by atoms with Gasteiger partial charge < -0.3 is 15.7 Å². The summed E-state index contributed by atoms with van der Waals surface area (Å²) in [6.07, 6.45) is 0. The van der Waals surface area contributed by atoms with Crippen molar-refractivity contribution in [3.8, 4) is 0 Å². The second-order valence-corrected chi connectivity index (χ2v) is 4.91. The van der Waals surface area contributed by atoms with Crippen LogP contribution >= 0.6 is 0 Å². The average molecular weight is 284 g/mol. The van der Waals surface area contributed by atoms with Gasteiger partial charge in [0.1, 0.15) is 0 Å². The van der Waals surface area contributed by atoms with E-state index in [1.165, 1.54) is 6.92 Å². The zero-order valence-corrected chi connectivity index (χ0v) is 12.1. The summed E-state index contributed by atoms with van der Waals surface area (Å²) in [4.78, 5) is 10.9. The number of carbonyl (C=O) groups is 1. The minimum Gasteiger partial charge on any atom is -0.392 e. The Labute approximate surface area is 124 Å². The lowest BCUT2D eigenvalue weighted by atomic mass is 10.1. The van der Waals surface area contributed by atoms with Crippen molar-refractivity contribution in [1.82, 2.24) is 5.32 Å². The Bertz CT molecular complexity index is 594. The molecule has 1 amide bonds. The van der Waals surface area contributed by atoms with E-state index in [-0.39, 0.29) is 12.5 Å². The van der Waals surface area contributed by atoms with Crippen LogP contribution in [0.1, 0.15) is 23.6 Å². The zero-order valence-electron chi connectivity index (χ0n) is 12.1. The molecule has 4 nitrogen and oxygen atoms in total. The van der Waals surface area contributed by atoms with Gasteiger partial charge in [-0.15, -0.1) is 0 Å². The molecule has 110 valence electrons. The van der Waals surface area contributed by atoms with E-state index in [1.807, 2.05) is 48.5 Å². The molecule has 0 aliphatic heterocycles. The Morgan fingerprint density at radius 2 is 1.67 bits per heavy atom. The van der Waals surface area contributed by atoms with Crippen molar-refractivity contribution in [2.24, 2.45) is 0 Å². The molecule has 0 fully saturated rings. The van der Waals surface area contributed by atoms with Crippen LogP contribution in [0.3, 0.4) is 0 Å². The van der Waals surface area contributed by atoms with Crippen LogP contribution in [-0.2, 0) is 24.5 Å². The van der Waals surface area contributed by atoms with E-state index < -0.39 is 0 Å². The van der Waals surface area contributed by atoms with Gasteiger partial charge in [-0.1, -0.05) is 36.4 Å². The van der Waals surface area contributed by atoms with E-state index >= 15 is 0 Å². The van der Waals surface area contributed by atoms with Crippen LogP contribution in [0.15, 0.2) is 48.5 Å². The Morgan fingerprint density at radius 1 is 1.00 bits per heavy atom. The highest BCUT2D eigenvalue weighted by Crippen LogP contribution is 2.11. The van der Waals surface area contributed by atoms with E-state index in [9.17, 15) is 9.90 Å². The highest BCUT2D eigenvalue weighted by molar-refractivity contribution is 5.88. The number of hydrogen-bond acceptors (Lipinski definition) is 3. The Balaban J connectivity index is 1.87. The molecule has 0 atom stereocenters. The molecule has 0 aliphatic carbocycles. The van der Waals surface area contributed by atoms with Crippen LogP contribution in [0.25, 0.3) is 0 Å². The third kappa shape index (κ3) is 4.70. The lowest BCUT2D eigenvalue weighted by Gasteiger charge is -2.09. The molecule has 0 heterocycles. The standard InChI is InChI=1S/C17H20N2O2/c1-13(21)19-17-8-6-14(7-9-17)10-18-11-15-4-2-3-5-16(15)12-20/h2-9,18,20H,10-12H2,1H3,(H,19,21). The van der Waals surface area contributed by atoms with Gasteiger partial charge >= 0.3 is 0 Å². The van der Waals surface area contributed by atoms with Crippen molar-refractivity contribution >= 4 is 11.6 Å². The minimum absolute atomic E-state index is 0.0588. The number of amides is 1. The summed E-state index contributed by atoms with van der Waals surface area (Å²) in [6.45, 7) is 3.00. The van der Waals surface area contributed by atoms with Gasteiger partial charge in [0, 0.05) is 25.7 Å². The van der Waals surface area contributed by atoms with Gasteiger partial charge in [0.25, 0.3) is 0 Å². The number of aliphatic hydroxyl groups excluding tert-OH is 1. The van der Waals surface area contributed by atoms with Crippen molar-refractivity contribution < 1.29 is 9.90 Å². The molecule has 21 heavy (non-hydrogen) atoms. The summed E-state index contributed by atoms with van der Waals surface area (Å²) in [5.74, 6) is -0.0681. The Morgan fingerprint density at radius 3 is 2.29 bits per heavy atom. The number of aliphatic hydroxyl groups is 1. The fourth-order valence-corrected chi connectivity index (χ4v) is 2.13. The maximum atomic E-state index is 10.9. The van der Waals surface area contributed by atoms with Crippen LogP contribution < -0.4 is 10.6 Å². The smallest absolute Gasteiger partial charge is 0.221 e. The second kappa shape index (κ2) is 7.57. The van der Waals surface area contributed by atoms with E-state index in [2.05, 4.69) is 10.6 Å². The number of hydrogen-bond donors (Lipinski definition) is 3. The molecule has 0 unspecified atom stereocenters. The van der Waals surface area contributed by atoms with Crippen molar-refractivity contribution in [1.29, 1.82) is 0 Å². The summed E-state index contributed by atoms with van der Waals surface area (Å²) in [5.41, 5.74) is 4.00. The third-order valence-corrected chi connectivity index (χ3v) is 3.21. The quantitative estimate of drug-likeness (QED) is 0.763. The fourth-order valence-electron chi connectivity index (χ4n) is 2.13. The van der Waals surface area contributed by atoms with Gasteiger partial charge in [0.15, 0.2) is 0 Å². The maximum absolute atomic E-state index is 10.9. The van der Waals surface area contributed by atoms with Crippen molar-refractivity contribution in [3.63, 3.8) is 0 Å². The molecule has 2 aromatic carbocycles. The Kier molecular flexibility index (Phi) is 5.49. The first kappa shape index (κ1) is 15.2. The molecule has 0 aromatic heterocycles. The first-order chi connectivity index (χ1) is 10.2. The minimum atomic E-state index is -0.0681. The van der Waals surface area contributed by atoms with Gasteiger partial charge in [0.2, 0.25) is 5.91 Å². The maximum Gasteiger partial charge on any atom is 0.221 e. The molecular weight excluding hydrogens is 264 g/mol. The average Bonchev–Trinajstić information content (AvgIpc) is 2.49. The number of nitrogens with one attached hydrogen (secondary N) is 2. The monoisotopic (exact) mass is 284 g/mol. The van der Waals surface area contributed by atoms with Gasteiger partial charge in [-0.3, -0.25) is 4.79 Å². The second-order valence-electron chi connectivity index (χ2n) is 4.91. The van der Waals surface area contributed by atoms with Crippen LogP contribution in [0.2, 0.25) is 0 Å². The number of carbonyl (C=O) groups excluding carboxylic acids is 1. The van der Waals surface area contributed by atoms with Crippen molar-refractivity contribution in [3.05, 3.63) is 65.2 Å². The third-order valence-electron chi connectivity index (χ3n) is 3.21. The summed E-state index contributed by atoms with van der Waals surface area (Å²) >= 11 is 0. The molecule has 3 N–H and O–H groups in total. The summed E-state index contributed by atoms with van der Waals surface area (Å²) < 4.78 is 0. The zero-order chi connectivity index (χ0) is 15.1. The predicted molar refractivity (Wildman–Crippen MR) is 83.7 cm³/mol. The molecule has 0 saturated heterocycles. The predicted octanol–water partition coefficient (Wildman–Crippen LogP) is 2.43. The summed E-state index contributed by atoms with van der Waals surface area (Å²) in [5, 5.41) is 15.4. The van der Waals surface area contributed by atoms with Gasteiger partial charge in [-0.05, 0) is 28.8 Å². The molecule has 0 aliphatic rings. The van der Waals surface area contributed by atoms with Crippen LogP contribution in [0, 0.1) is 0 Å². The van der Waals surface area contributed by atoms with E-state index in [4.69, 9.17) is 0 Å². The molecule has 0 bridgehead atoms. The Hall–Kier alpha value is -2.17. The largest absolute Gasteiger partial charge is 0.392 e. The van der Waals surface area contributed by atoms with Gasteiger partial charge in [-0.25, -0.2) is 0 Å². The highest BCUT2D eigenvalue weighted by Gasteiger charge is 2.00. The summed E-state index contributed by atoms with van der Waals surface area (Å²) in [7, 11) is 0. The molecule has 4 heteroatoms. The lowest BCUT2D eigenvalue weighted by Crippen LogP contribution is -2.14. The fraction of sp³-hybridized carbons (Fsp3) is 0.235. The van der Waals surface area contributed by atoms with Crippen molar-refractivity contribution in [2.75, 3.05) is 5.32 Å². The van der Waals surface area contributed by atoms with E-state index in [1.54, 1.807) is 0 Å². The first-order valence-corrected chi connectivity index (χ1v) is 6.94. The molecule has 2 aromatic rings. The SMILES string of the molecule is CC(=O)Nc1ccc(CNCc2ccccc2CO)cc1. The topological polar surface area (TPSA) is 61.4 Å². The van der Waals surface area contributed by atoms with E-state index in [0.29, 0.717) is 6.54 Å². The molecule has 2 rings (SSSR count). The lowest BCUT2D eigenvalue weighted by molar-refractivity contribution is -0.114. The van der Waals surface area contributed by atoms with Gasteiger partial charge in [-0.2, -0.15) is 0 Å². The van der Waals surface area contributed by atoms with E-state index in [0.717, 1.165) is 28.9 Å². The van der Waals surface area contributed by atoms with Crippen molar-refractivity contribution in [2.45, 2.75) is 26.6 Å². The molecular formula is C17H20N2O2. The van der Waals surface area contributed by atoms with Crippen LogP contribution in [-0.4, -0.2) is 11.0 Å².